The van der Waals surface area contributed by atoms with Crippen molar-refractivity contribution in [2.75, 3.05) is 6.61 Å². The van der Waals surface area contributed by atoms with Crippen LogP contribution in [0.4, 0.5) is 5.69 Å². The molecule has 0 unspecified atom stereocenters. The van der Waals surface area contributed by atoms with Gasteiger partial charge >= 0.3 is 11.6 Å². The van der Waals surface area contributed by atoms with Gasteiger partial charge in [0.25, 0.3) is 5.69 Å². The average Bonchev–Trinajstić information content (AvgIpc) is 2.73. The number of carbonyl (C=O) groups is 1. The first-order valence-electron chi connectivity index (χ1n) is 9.57. The molecule has 0 aliphatic carbocycles. The predicted molar refractivity (Wildman–Crippen MR) is 115 cm³/mol. The van der Waals surface area contributed by atoms with E-state index in [0.717, 1.165) is 0 Å². The highest BCUT2D eigenvalue weighted by atomic mass is 35.5. The van der Waals surface area contributed by atoms with E-state index in [0.29, 0.717) is 38.4 Å². The molecule has 31 heavy (non-hydrogen) atoms. The maximum atomic E-state index is 12.4. The van der Waals surface area contributed by atoms with E-state index < -0.39 is 10.5 Å². The largest absolute Gasteiger partial charge is 0.487 e. The molecule has 0 fully saturated rings. The maximum absolute atomic E-state index is 12.4. The molecule has 0 amide bonds. The van der Waals surface area contributed by atoms with E-state index in [1.807, 2.05) is 0 Å². The van der Waals surface area contributed by atoms with Crippen LogP contribution in [0.1, 0.15) is 30.0 Å². The molecule has 1 heterocycles. The molecule has 8 nitrogen and oxygen atoms in total. The van der Waals surface area contributed by atoms with Crippen molar-refractivity contribution < 1.29 is 23.6 Å². The van der Waals surface area contributed by atoms with Crippen LogP contribution in [0.15, 0.2) is 45.6 Å². The number of non-ortho nitro benzene ring substituents is 1. The molecule has 0 aliphatic heterocycles. The number of benzene rings is 2. The van der Waals surface area contributed by atoms with Gasteiger partial charge < -0.3 is 13.9 Å². The molecular weight excluding hydrogens is 426 g/mol. The van der Waals surface area contributed by atoms with Crippen LogP contribution in [0.25, 0.3) is 11.0 Å². The number of nitro benzene ring substituents is 1. The summed E-state index contributed by atoms with van der Waals surface area (Å²) in [4.78, 5) is 34.3. The molecule has 1 aromatic heterocycles. The van der Waals surface area contributed by atoms with Crippen LogP contribution in [-0.4, -0.2) is 17.5 Å². The second-order valence-corrected chi connectivity index (χ2v) is 7.20. The SMILES string of the molecule is CCOC(=O)CCc1c(C)c2cc(Cl)c(OCc3ccc([N+](=O)[O-])cc3)cc2oc1=O. The molecule has 0 saturated heterocycles. The molecule has 0 N–H and O–H groups in total. The van der Waals surface area contributed by atoms with Crippen molar-refractivity contribution in [3.8, 4) is 5.75 Å². The Kier molecular flexibility index (Phi) is 6.91. The molecule has 3 aromatic rings. The number of ether oxygens (including phenoxy) is 2. The Bertz CT molecular complexity index is 1190. The lowest BCUT2D eigenvalue weighted by Gasteiger charge is -2.12. The van der Waals surface area contributed by atoms with E-state index >= 15 is 0 Å². The Morgan fingerprint density at radius 1 is 1.23 bits per heavy atom. The Balaban J connectivity index is 1.82. The molecular formula is C22H20ClNO7. The van der Waals surface area contributed by atoms with Gasteiger partial charge in [0.15, 0.2) is 0 Å². The van der Waals surface area contributed by atoms with E-state index in [2.05, 4.69) is 0 Å². The van der Waals surface area contributed by atoms with Crippen LogP contribution in [0.2, 0.25) is 5.02 Å². The number of hydrogen-bond acceptors (Lipinski definition) is 7. The van der Waals surface area contributed by atoms with Gasteiger partial charge in [-0.2, -0.15) is 0 Å². The minimum atomic E-state index is -0.530. The van der Waals surface area contributed by atoms with Gasteiger partial charge in [0.2, 0.25) is 0 Å². The van der Waals surface area contributed by atoms with Crippen molar-refractivity contribution in [1.82, 2.24) is 0 Å². The van der Waals surface area contributed by atoms with Crippen LogP contribution < -0.4 is 10.4 Å². The molecule has 3 rings (SSSR count). The third kappa shape index (κ3) is 5.21. The summed E-state index contributed by atoms with van der Waals surface area (Å²) in [5.74, 6) is -0.0660. The normalized spacial score (nSPS) is 10.8. The zero-order valence-corrected chi connectivity index (χ0v) is 17.7. The number of fused-ring (bicyclic) bond motifs is 1. The first-order chi connectivity index (χ1) is 14.8. The van der Waals surface area contributed by atoms with Crippen molar-refractivity contribution in [2.24, 2.45) is 0 Å². The quantitative estimate of drug-likeness (QED) is 0.213. The molecule has 9 heteroatoms. The van der Waals surface area contributed by atoms with Gasteiger partial charge in [-0.25, -0.2) is 4.79 Å². The van der Waals surface area contributed by atoms with Crippen LogP contribution in [0.3, 0.4) is 0 Å². The van der Waals surface area contributed by atoms with Gasteiger partial charge in [-0.05, 0) is 49.6 Å². The number of halogens is 1. The predicted octanol–water partition coefficient (Wildman–Crippen LogP) is 4.74. The summed E-state index contributed by atoms with van der Waals surface area (Å²) in [5, 5.41) is 11.7. The number of hydrogen-bond donors (Lipinski definition) is 0. The second-order valence-electron chi connectivity index (χ2n) is 6.79. The zero-order chi connectivity index (χ0) is 22.5. The molecule has 2 aromatic carbocycles. The summed E-state index contributed by atoms with van der Waals surface area (Å²) in [6.45, 7) is 3.90. The molecule has 0 atom stereocenters. The summed E-state index contributed by atoms with van der Waals surface area (Å²) >= 11 is 6.36. The third-order valence-electron chi connectivity index (χ3n) is 4.77. The fraction of sp³-hybridized carbons (Fsp3) is 0.273. The average molecular weight is 446 g/mol. The Hall–Kier alpha value is -3.39. The summed E-state index contributed by atoms with van der Waals surface area (Å²) in [6.07, 6.45) is 0.286. The number of carbonyl (C=O) groups excluding carboxylic acids is 1. The van der Waals surface area contributed by atoms with E-state index in [4.69, 9.17) is 25.5 Å². The third-order valence-corrected chi connectivity index (χ3v) is 5.06. The molecule has 0 aliphatic rings. The molecule has 162 valence electrons. The molecule has 0 spiro atoms. The van der Waals surface area contributed by atoms with Crippen LogP contribution in [0.5, 0.6) is 5.75 Å². The van der Waals surface area contributed by atoms with E-state index in [1.165, 1.54) is 18.2 Å². The number of aryl methyl sites for hydroxylation is 1. The second kappa shape index (κ2) is 9.61. The van der Waals surface area contributed by atoms with Crippen LogP contribution >= 0.6 is 11.6 Å². The van der Waals surface area contributed by atoms with Gasteiger partial charge in [-0.15, -0.1) is 0 Å². The van der Waals surface area contributed by atoms with Crippen molar-refractivity contribution in [3.63, 3.8) is 0 Å². The number of rotatable bonds is 8. The standard InChI is InChI=1S/C22H20ClNO7/c1-3-29-21(25)9-8-16-13(2)17-10-18(23)20(11-19(17)31-22(16)26)30-12-14-4-6-15(7-5-14)24(27)28/h4-7,10-11H,3,8-9,12H2,1-2H3. The topological polar surface area (TPSA) is 109 Å². The lowest BCUT2D eigenvalue weighted by atomic mass is 10.0. The Morgan fingerprint density at radius 3 is 2.58 bits per heavy atom. The first-order valence-corrected chi connectivity index (χ1v) is 9.95. The van der Waals surface area contributed by atoms with Gasteiger partial charge in [0, 0.05) is 35.6 Å². The van der Waals surface area contributed by atoms with Crippen molar-refractivity contribution in [3.05, 3.63) is 78.6 Å². The van der Waals surface area contributed by atoms with Crippen LogP contribution in [-0.2, 0) is 22.6 Å². The Morgan fingerprint density at radius 2 is 1.94 bits per heavy atom. The van der Waals surface area contributed by atoms with Crippen molar-refractivity contribution in [2.45, 2.75) is 33.3 Å². The maximum Gasteiger partial charge on any atom is 0.339 e. The van der Waals surface area contributed by atoms with E-state index in [-0.39, 0.29) is 37.7 Å². The molecule has 0 saturated carbocycles. The van der Waals surface area contributed by atoms with Crippen LogP contribution in [0, 0.1) is 17.0 Å². The van der Waals surface area contributed by atoms with Crippen molar-refractivity contribution in [1.29, 1.82) is 0 Å². The summed E-state index contributed by atoms with van der Waals surface area (Å²) in [7, 11) is 0. The smallest absolute Gasteiger partial charge is 0.339 e. The number of nitrogens with zero attached hydrogens (tertiary/aromatic N) is 1. The molecule has 0 bridgehead atoms. The zero-order valence-electron chi connectivity index (χ0n) is 17.0. The molecule has 0 radical (unpaired) electrons. The number of esters is 1. The van der Waals surface area contributed by atoms with Gasteiger partial charge in [0.05, 0.1) is 16.6 Å². The van der Waals surface area contributed by atoms with Gasteiger partial charge in [-0.3, -0.25) is 14.9 Å². The van der Waals surface area contributed by atoms with Gasteiger partial charge in [-0.1, -0.05) is 11.6 Å². The monoisotopic (exact) mass is 445 g/mol. The summed E-state index contributed by atoms with van der Waals surface area (Å²) in [5.41, 5.74) is 1.57. The highest BCUT2D eigenvalue weighted by Crippen LogP contribution is 2.32. The minimum Gasteiger partial charge on any atom is -0.487 e. The van der Waals surface area contributed by atoms with Crippen molar-refractivity contribution >= 4 is 34.2 Å². The highest BCUT2D eigenvalue weighted by molar-refractivity contribution is 6.32. The highest BCUT2D eigenvalue weighted by Gasteiger charge is 2.16. The lowest BCUT2D eigenvalue weighted by Crippen LogP contribution is -2.13. The minimum absolute atomic E-state index is 0.0106. The summed E-state index contributed by atoms with van der Waals surface area (Å²) < 4.78 is 16.1. The number of nitro groups is 1. The van der Waals surface area contributed by atoms with Gasteiger partial charge in [0.1, 0.15) is 17.9 Å². The Labute approximate surface area is 182 Å². The summed E-state index contributed by atoms with van der Waals surface area (Å²) in [6, 6.07) is 9.14. The fourth-order valence-corrected chi connectivity index (χ4v) is 3.34. The first kappa shape index (κ1) is 22.3. The lowest BCUT2D eigenvalue weighted by molar-refractivity contribution is -0.384. The fourth-order valence-electron chi connectivity index (χ4n) is 3.12. The van der Waals surface area contributed by atoms with E-state index in [9.17, 15) is 19.7 Å². The van der Waals surface area contributed by atoms with E-state index in [1.54, 1.807) is 32.0 Å².